The van der Waals surface area contributed by atoms with Crippen LogP contribution < -0.4 is 9.46 Å². The van der Waals surface area contributed by atoms with E-state index in [4.69, 9.17) is 9.47 Å². The monoisotopic (exact) mass is 297 g/mol. The molecule has 8 heteroatoms. The van der Waals surface area contributed by atoms with Crippen LogP contribution in [-0.2, 0) is 14.8 Å². The number of hydrogen-bond acceptors (Lipinski definition) is 5. The minimum absolute atomic E-state index is 0.00297. The van der Waals surface area contributed by atoms with Gasteiger partial charge in [0, 0.05) is 13.2 Å². The molecule has 0 aliphatic rings. The Morgan fingerprint density at radius 1 is 1.30 bits per heavy atom. The van der Waals surface area contributed by atoms with Gasteiger partial charge in [0.2, 0.25) is 0 Å². The Balaban J connectivity index is 2.08. The van der Waals surface area contributed by atoms with Crippen molar-refractivity contribution in [2.75, 3.05) is 25.0 Å². The van der Waals surface area contributed by atoms with Gasteiger partial charge in [-0.3, -0.25) is 9.82 Å². The molecule has 0 saturated heterocycles. The van der Waals surface area contributed by atoms with Crippen LogP contribution in [0.5, 0.6) is 5.75 Å². The summed E-state index contributed by atoms with van der Waals surface area (Å²) >= 11 is 0. The van der Waals surface area contributed by atoms with Gasteiger partial charge in [0.25, 0.3) is 10.0 Å². The van der Waals surface area contributed by atoms with Gasteiger partial charge in [-0.15, -0.1) is 0 Å². The third-order valence-corrected chi connectivity index (χ3v) is 3.72. The highest BCUT2D eigenvalue weighted by molar-refractivity contribution is 7.92. The van der Waals surface area contributed by atoms with E-state index in [2.05, 4.69) is 14.9 Å². The number of nitrogens with one attached hydrogen (secondary N) is 2. The van der Waals surface area contributed by atoms with Crippen LogP contribution in [0.4, 0.5) is 5.69 Å². The van der Waals surface area contributed by atoms with Crippen LogP contribution in [0.2, 0.25) is 0 Å². The van der Waals surface area contributed by atoms with Crippen LogP contribution in [0.1, 0.15) is 0 Å². The molecule has 0 aliphatic heterocycles. The maximum absolute atomic E-state index is 12.0. The van der Waals surface area contributed by atoms with Crippen molar-refractivity contribution in [1.82, 2.24) is 10.2 Å². The topological polar surface area (TPSA) is 93.3 Å². The fourth-order valence-corrected chi connectivity index (χ4v) is 2.46. The summed E-state index contributed by atoms with van der Waals surface area (Å²) < 4.78 is 36.7. The fourth-order valence-electron chi connectivity index (χ4n) is 1.50. The summed E-state index contributed by atoms with van der Waals surface area (Å²) in [6, 6.07) is 8.05. The van der Waals surface area contributed by atoms with E-state index in [9.17, 15) is 8.42 Å². The molecule has 0 fully saturated rings. The Labute approximate surface area is 117 Å². The summed E-state index contributed by atoms with van der Waals surface area (Å²) in [5, 5.41) is 6.02. The molecule has 7 nitrogen and oxygen atoms in total. The number of ether oxygens (including phenoxy) is 2. The smallest absolute Gasteiger partial charge is 0.278 e. The molecule has 108 valence electrons. The first-order valence-corrected chi connectivity index (χ1v) is 7.34. The minimum atomic E-state index is -3.66. The highest BCUT2D eigenvalue weighted by Gasteiger charge is 2.15. The van der Waals surface area contributed by atoms with E-state index in [-0.39, 0.29) is 5.03 Å². The lowest BCUT2D eigenvalue weighted by molar-refractivity contribution is 0.146. The van der Waals surface area contributed by atoms with Crippen molar-refractivity contribution in [2.24, 2.45) is 0 Å². The zero-order valence-corrected chi connectivity index (χ0v) is 11.7. The zero-order chi connectivity index (χ0) is 14.4. The van der Waals surface area contributed by atoms with Crippen molar-refractivity contribution in [2.45, 2.75) is 5.03 Å². The van der Waals surface area contributed by atoms with Gasteiger partial charge >= 0.3 is 0 Å². The van der Waals surface area contributed by atoms with E-state index >= 15 is 0 Å². The first-order chi connectivity index (χ1) is 9.62. The summed E-state index contributed by atoms with van der Waals surface area (Å²) in [6.45, 7) is 0.858. The maximum atomic E-state index is 12.0. The van der Waals surface area contributed by atoms with Crippen LogP contribution in [0, 0.1) is 0 Å². The molecule has 20 heavy (non-hydrogen) atoms. The van der Waals surface area contributed by atoms with Gasteiger partial charge in [0.15, 0.2) is 5.03 Å². The van der Waals surface area contributed by atoms with Gasteiger partial charge in [0.1, 0.15) is 12.4 Å². The molecule has 0 bridgehead atoms. The van der Waals surface area contributed by atoms with Gasteiger partial charge in [0.05, 0.1) is 18.5 Å². The molecule has 1 aromatic carbocycles. The molecule has 2 aromatic rings. The average molecular weight is 297 g/mol. The van der Waals surface area contributed by atoms with E-state index in [0.29, 0.717) is 24.7 Å². The standard InChI is InChI=1S/C12H15N3O4S/c1-18-7-8-19-11-4-2-3-10(9-11)15-20(16,17)12-5-6-13-14-12/h2-6,9,15H,7-8H2,1H3,(H,13,14). The molecule has 0 radical (unpaired) electrons. The summed E-state index contributed by atoms with van der Waals surface area (Å²) in [5.41, 5.74) is 0.412. The largest absolute Gasteiger partial charge is 0.491 e. The van der Waals surface area contributed by atoms with Crippen molar-refractivity contribution in [3.63, 3.8) is 0 Å². The number of aromatic nitrogens is 2. The summed E-state index contributed by atoms with van der Waals surface area (Å²) in [4.78, 5) is 0. The summed E-state index contributed by atoms with van der Waals surface area (Å²) in [6.07, 6.45) is 1.37. The number of benzene rings is 1. The van der Waals surface area contributed by atoms with Crippen LogP contribution in [0.25, 0.3) is 0 Å². The minimum Gasteiger partial charge on any atom is -0.491 e. The van der Waals surface area contributed by atoms with Crippen molar-refractivity contribution in [1.29, 1.82) is 0 Å². The van der Waals surface area contributed by atoms with Crippen LogP contribution in [0.15, 0.2) is 41.6 Å². The third kappa shape index (κ3) is 3.72. The Morgan fingerprint density at radius 3 is 2.85 bits per heavy atom. The lowest BCUT2D eigenvalue weighted by Crippen LogP contribution is -2.13. The predicted octanol–water partition coefficient (Wildman–Crippen LogP) is 1.24. The van der Waals surface area contributed by atoms with Gasteiger partial charge in [-0.1, -0.05) is 6.07 Å². The predicted molar refractivity (Wildman–Crippen MR) is 73.2 cm³/mol. The molecule has 2 N–H and O–H groups in total. The maximum Gasteiger partial charge on any atom is 0.278 e. The second-order valence-electron chi connectivity index (χ2n) is 3.90. The van der Waals surface area contributed by atoms with E-state index < -0.39 is 10.0 Å². The molecule has 0 amide bonds. The number of nitrogens with zero attached hydrogens (tertiary/aromatic N) is 1. The quantitative estimate of drug-likeness (QED) is 0.750. The number of aromatic amines is 1. The third-order valence-electron chi connectivity index (χ3n) is 2.41. The number of methoxy groups -OCH3 is 1. The van der Waals surface area contributed by atoms with Gasteiger partial charge < -0.3 is 9.47 Å². The number of H-pyrrole nitrogens is 1. The van der Waals surface area contributed by atoms with Crippen LogP contribution >= 0.6 is 0 Å². The highest BCUT2D eigenvalue weighted by Crippen LogP contribution is 2.20. The molecule has 0 unspecified atom stereocenters. The number of sulfonamides is 1. The lowest BCUT2D eigenvalue weighted by Gasteiger charge is -2.09. The van der Waals surface area contributed by atoms with Gasteiger partial charge in [-0.25, -0.2) is 0 Å². The van der Waals surface area contributed by atoms with E-state index in [1.807, 2.05) is 0 Å². The second kappa shape index (κ2) is 6.40. The Kier molecular flexibility index (Phi) is 4.59. The van der Waals surface area contributed by atoms with E-state index in [0.717, 1.165) is 0 Å². The normalized spacial score (nSPS) is 11.2. The number of anilines is 1. The van der Waals surface area contributed by atoms with Crippen LogP contribution in [-0.4, -0.2) is 38.9 Å². The average Bonchev–Trinajstić information content (AvgIpc) is 2.94. The van der Waals surface area contributed by atoms with Crippen molar-refractivity contribution < 1.29 is 17.9 Å². The second-order valence-corrected chi connectivity index (χ2v) is 5.55. The lowest BCUT2D eigenvalue weighted by atomic mass is 10.3. The Bertz CT molecular complexity index is 640. The molecule has 0 spiro atoms. The SMILES string of the molecule is COCCOc1cccc(NS(=O)(=O)c2ccn[nH]2)c1. The summed E-state index contributed by atoms with van der Waals surface area (Å²) in [7, 11) is -2.08. The van der Waals surface area contributed by atoms with Crippen molar-refractivity contribution in [3.8, 4) is 5.75 Å². The van der Waals surface area contributed by atoms with Crippen LogP contribution in [0.3, 0.4) is 0 Å². The van der Waals surface area contributed by atoms with Gasteiger partial charge in [-0.2, -0.15) is 13.5 Å². The van der Waals surface area contributed by atoms with Crippen molar-refractivity contribution in [3.05, 3.63) is 36.5 Å². The Morgan fingerprint density at radius 2 is 2.15 bits per heavy atom. The molecule has 1 heterocycles. The molecule has 0 saturated carbocycles. The highest BCUT2D eigenvalue weighted by atomic mass is 32.2. The number of rotatable bonds is 7. The zero-order valence-electron chi connectivity index (χ0n) is 10.9. The molecule has 0 aliphatic carbocycles. The van der Waals surface area contributed by atoms with E-state index in [1.54, 1.807) is 31.4 Å². The molecule has 1 aromatic heterocycles. The summed E-state index contributed by atoms with van der Waals surface area (Å²) in [5.74, 6) is 0.562. The van der Waals surface area contributed by atoms with E-state index in [1.165, 1.54) is 12.3 Å². The molecular formula is C12H15N3O4S. The molecular weight excluding hydrogens is 282 g/mol. The Hall–Kier alpha value is -2.06. The van der Waals surface area contributed by atoms with Crippen molar-refractivity contribution >= 4 is 15.7 Å². The molecule has 0 atom stereocenters. The first kappa shape index (κ1) is 14.4. The molecule has 2 rings (SSSR count). The van der Waals surface area contributed by atoms with Gasteiger partial charge in [-0.05, 0) is 18.2 Å². The number of hydrogen-bond donors (Lipinski definition) is 2. The fraction of sp³-hybridized carbons (Fsp3) is 0.250. The first-order valence-electron chi connectivity index (χ1n) is 5.86.